The molecule has 2 aromatic rings. The number of para-hydroxylation sites is 1. The van der Waals surface area contributed by atoms with Gasteiger partial charge in [-0.05, 0) is 52.3 Å². The Labute approximate surface area is 179 Å². The topological polar surface area (TPSA) is 93.5 Å². The van der Waals surface area contributed by atoms with Crippen molar-refractivity contribution in [3.63, 3.8) is 0 Å². The van der Waals surface area contributed by atoms with Crippen LogP contribution >= 0.6 is 15.9 Å². The Hall–Kier alpha value is -2.25. The second-order valence-corrected chi connectivity index (χ2v) is 9.45. The fraction of sp³-hybridized carbons (Fsp3) is 0.300. The van der Waals surface area contributed by atoms with Gasteiger partial charge in [-0.15, -0.1) is 0 Å². The van der Waals surface area contributed by atoms with Gasteiger partial charge in [0.2, 0.25) is 15.9 Å². The lowest BCUT2D eigenvalue weighted by atomic mass is 10.2. The normalized spacial score (nSPS) is 15.6. The summed E-state index contributed by atoms with van der Waals surface area (Å²) < 4.78 is 27.8. The Morgan fingerprint density at radius 3 is 2.34 bits per heavy atom. The van der Waals surface area contributed by atoms with Crippen molar-refractivity contribution in [2.45, 2.75) is 11.3 Å². The number of carbonyl (C=O) groups excluding carboxylic acids is 1. The van der Waals surface area contributed by atoms with Gasteiger partial charge in [0.05, 0.1) is 22.2 Å². The highest BCUT2D eigenvalue weighted by Gasteiger charge is 2.28. The predicted octanol–water partition coefficient (Wildman–Crippen LogP) is 2.66. The van der Waals surface area contributed by atoms with Crippen LogP contribution in [0, 0.1) is 11.3 Å². The van der Waals surface area contributed by atoms with Crippen molar-refractivity contribution in [3.05, 3.63) is 58.6 Å². The molecule has 0 saturated carbocycles. The van der Waals surface area contributed by atoms with Gasteiger partial charge in [-0.2, -0.15) is 9.57 Å². The fourth-order valence-electron chi connectivity index (χ4n) is 3.08. The van der Waals surface area contributed by atoms with E-state index < -0.39 is 10.0 Å². The highest BCUT2D eigenvalue weighted by molar-refractivity contribution is 9.10. The molecule has 0 aromatic heterocycles. The lowest BCUT2D eigenvalue weighted by Crippen LogP contribution is -2.49. The van der Waals surface area contributed by atoms with E-state index >= 15 is 0 Å². The molecule has 1 saturated heterocycles. The van der Waals surface area contributed by atoms with Crippen molar-refractivity contribution in [1.29, 1.82) is 5.26 Å². The Balaban J connectivity index is 1.49. The molecule has 0 spiro atoms. The number of rotatable bonds is 6. The molecule has 152 valence electrons. The van der Waals surface area contributed by atoms with Crippen LogP contribution in [0.5, 0.6) is 0 Å². The summed E-state index contributed by atoms with van der Waals surface area (Å²) in [4.78, 5) is 14.5. The number of piperazine rings is 1. The molecule has 9 heteroatoms. The Morgan fingerprint density at radius 1 is 1.07 bits per heavy atom. The van der Waals surface area contributed by atoms with E-state index in [9.17, 15) is 13.2 Å². The number of halogens is 1. The number of hydrogen-bond acceptors (Lipinski definition) is 5. The maximum Gasteiger partial charge on any atom is 0.243 e. The summed E-state index contributed by atoms with van der Waals surface area (Å²) in [6.07, 6.45) is 0.337. The van der Waals surface area contributed by atoms with E-state index in [1.165, 1.54) is 28.6 Å². The van der Waals surface area contributed by atoms with Crippen LogP contribution in [0.3, 0.4) is 0 Å². The van der Waals surface area contributed by atoms with Crippen molar-refractivity contribution >= 4 is 37.5 Å². The minimum atomic E-state index is -3.57. The number of hydrogen-bond donors (Lipinski definition) is 1. The zero-order chi connectivity index (χ0) is 20.9. The summed E-state index contributed by atoms with van der Waals surface area (Å²) in [5, 5.41) is 11.7. The molecule has 0 aliphatic carbocycles. The molecular weight excluding hydrogens is 456 g/mol. The van der Waals surface area contributed by atoms with Gasteiger partial charge in [0.1, 0.15) is 0 Å². The summed E-state index contributed by atoms with van der Waals surface area (Å²) in [6.45, 7) is 2.44. The number of carbonyl (C=O) groups is 1. The smallest absolute Gasteiger partial charge is 0.243 e. The van der Waals surface area contributed by atoms with Crippen LogP contribution in [0.2, 0.25) is 0 Å². The molecule has 1 heterocycles. The van der Waals surface area contributed by atoms with Crippen LogP contribution in [-0.4, -0.2) is 56.3 Å². The first-order valence-corrected chi connectivity index (χ1v) is 11.4. The molecule has 0 radical (unpaired) electrons. The van der Waals surface area contributed by atoms with Gasteiger partial charge in [0.15, 0.2) is 0 Å². The van der Waals surface area contributed by atoms with Crippen LogP contribution in [-0.2, 0) is 14.8 Å². The van der Waals surface area contributed by atoms with Crippen molar-refractivity contribution in [2.24, 2.45) is 0 Å². The first kappa shape index (κ1) is 21.5. The van der Waals surface area contributed by atoms with Gasteiger partial charge in [0.25, 0.3) is 0 Å². The third-order valence-corrected chi connectivity index (χ3v) is 7.36. The van der Waals surface area contributed by atoms with E-state index in [2.05, 4.69) is 26.1 Å². The Morgan fingerprint density at radius 2 is 1.72 bits per heavy atom. The van der Waals surface area contributed by atoms with Crippen molar-refractivity contribution in [1.82, 2.24) is 9.21 Å². The van der Waals surface area contributed by atoms with Gasteiger partial charge in [-0.1, -0.05) is 12.1 Å². The molecule has 0 atom stereocenters. The molecular formula is C20H21BrN4O3S. The number of benzene rings is 2. The zero-order valence-corrected chi connectivity index (χ0v) is 18.1. The molecule has 1 aliphatic heterocycles. The molecule has 1 aliphatic rings. The number of nitriles is 1. The fourth-order valence-corrected chi connectivity index (χ4v) is 4.89. The van der Waals surface area contributed by atoms with Crippen molar-refractivity contribution in [2.75, 3.05) is 38.0 Å². The first-order valence-electron chi connectivity index (χ1n) is 9.17. The lowest BCUT2D eigenvalue weighted by Gasteiger charge is -2.33. The van der Waals surface area contributed by atoms with E-state index in [1.54, 1.807) is 0 Å². The largest absolute Gasteiger partial charge is 0.325 e. The van der Waals surface area contributed by atoms with Crippen LogP contribution < -0.4 is 5.32 Å². The molecule has 1 fully saturated rings. The summed E-state index contributed by atoms with van der Waals surface area (Å²) in [5.41, 5.74) is 1.16. The van der Waals surface area contributed by atoms with Crippen LogP contribution in [0.4, 0.5) is 5.69 Å². The predicted molar refractivity (Wildman–Crippen MR) is 114 cm³/mol. The van der Waals surface area contributed by atoms with Crippen molar-refractivity contribution in [3.8, 4) is 6.07 Å². The molecule has 0 bridgehead atoms. The summed E-state index contributed by atoms with van der Waals surface area (Å²) in [7, 11) is -3.57. The van der Waals surface area contributed by atoms with Crippen LogP contribution in [0.25, 0.3) is 0 Å². The number of nitrogens with one attached hydrogen (secondary N) is 1. The van der Waals surface area contributed by atoms with Crippen LogP contribution in [0.1, 0.15) is 12.0 Å². The van der Waals surface area contributed by atoms with E-state index in [0.717, 1.165) is 10.2 Å². The standard InChI is InChI=1S/C20H21BrN4O3S/c21-18-3-1-2-4-19(18)23-20(26)9-10-24-11-13-25(14-12-24)29(27,28)17-7-5-16(15-22)6-8-17/h1-8H,9-14H2,(H,23,26). The molecule has 0 unspecified atom stereocenters. The molecule has 1 N–H and O–H groups in total. The van der Waals surface area contributed by atoms with Gasteiger partial charge in [-0.25, -0.2) is 8.42 Å². The van der Waals surface area contributed by atoms with E-state index in [1.807, 2.05) is 30.3 Å². The SMILES string of the molecule is N#Cc1ccc(S(=O)(=O)N2CCN(CCC(=O)Nc3ccccc3Br)CC2)cc1. The molecule has 3 rings (SSSR count). The summed E-state index contributed by atoms with van der Waals surface area (Å²) in [6, 6.07) is 15.4. The molecule has 29 heavy (non-hydrogen) atoms. The highest BCUT2D eigenvalue weighted by Crippen LogP contribution is 2.21. The van der Waals surface area contributed by atoms with E-state index in [0.29, 0.717) is 44.7 Å². The average molecular weight is 477 g/mol. The molecule has 2 aromatic carbocycles. The lowest BCUT2D eigenvalue weighted by molar-refractivity contribution is -0.116. The summed E-state index contributed by atoms with van der Waals surface area (Å²) >= 11 is 3.40. The van der Waals surface area contributed by atoms with Gasteiger partial charge >= 0.3 is 0 Å². The molecule has 1 amide bonds. The number of nitrogens with zero attached hydrogens (tertiary/aromatic N) is 3. The van der Waals surface area contributed by atoms with E-state index in [-0.39, 0.29) is 10.8 Å². The highest BCUT2D eigenvalue weighted by atomic mass is 79.9. The Kier molecular flexibility index (Phi) is 7.03. The summed E-state index contributed by atoms with van der Waals surface area (Å²) in [5.74, 6) is -0.0791. The quantitative estimate of drug-likeness (QED) is 0.691. The van der Waals surface area contributed by atoms with Gasteiger partial charge in [-0.3, -0.25) is 4.79 Å². The van der Waals surface area contributed by atoms with E-state index in [4.69, 9.17) is 5.26 Å². The number of sulfonamides is 1. The Bertz CT molecular complexity index is 1010. The minimum absolute atomic E-state index is 0.0791. The maximum absolute atomic E-state index is 12.8. The van der Waals surface area contributed by atoms with Gasteiger partial charge in [0, 0.05) is 43.6 Å². The number of anilines is 1. The monoisotopic (exact) mass is 476 g/mol. The third-order valence-electron chi connectivity index (χ3n) is 4.76. The maximum atomic E-state index is 12.8. The van der Waals surface area contributed by atoms with Crippen LogP contribution in [0.15, 0.2) is 57.9 Å². The number of amides is 1. The van der Waals surface area contributed by atoms with Gasteiger partial charge < -0.3 is 10.2 Å². The first-order chi connectivity index (χ1) is 13.9. The van der Waals surface area contributed by atoms with Crippen molar-refractivity contribution < 1.29 is 13.2 Å². The average Bonchev–Trinajstić information content (AvgIpc) is 2.74. The third kappa shape index (κ3) is 5.42. The minimum Gasteiger partial charge on any atom is -0.325 e. The molecule has 7 nitrogen and oxygen atoms in total. The second-order valence-electron chi connectivity index (χ2n) is 6.66. The second kappa shape index (κ2) is 9.50. The zero-order valence-electron chi connectivity index (χ0n) is 15.7.